The minimum absolute atomic E-state index is 0.232. The minimum Gasteiger partial charge on any atom is -0.468 e. The molecule has 18 heavy (non-hydrogen) atoms. The van der Waals surface area contributed by atoms with Crippen LogP contribution in [0.5, 0.6) is 0 Å². The molecular weight excluding hydrogens is 228 g/mol. The molecule has 0 aliphatic carbocycles. The highest BCUT2D eigenvalue weighted by Gasteiger charge is 2.12. The van der Waals surface area contributed by atoms with Gasteiger partial charge in [-0.05, 0) is 18.6 Å². The number of carbonyl (C=O) groups excluding carboxylic acids is 1. The molecule has 1 aromatic carbocycles. The van der Waals surface area contributed by atoms with E-state index in [4.69, 9.17) is 4.74 Å². The van der Waals surface area contributed by atoms with E-state index < -0.39 is 0 Å². The largest absolute Gasteiger partial charge is 0.468 e. The molecule has 0 saturated carbocycles. The lowest BCUT2D eigenvalue weighted by Crippen LogP contribution is -2.14. The second-order valence-corrected chi connectivity index (χ2v) is 4.28. The Balaban J connectivity index is 2.40. The van der Waals surface area contributed by atoms with Gasteiger partial charge in [0.15, 0.2) is 0 Å². The molecule has 0 fully saturated rings. The van der Waals surface area contributed by atoms with Gasteiger partial charge < -0.3 is 9.30 Å². The molecule has 2 aromatic rings. The summed E-state index contributed by atoms with van der Waals surface area (Å²) in [4.78, 5) is 16.1. The van der Waals surface area contributed by atoms with Crippen LogP contribution >= 0.6 is 0 Å². The van der Waals surface area contributed by atoms with E-state index in [0.29, 0.717) is 0 Å². The van der Waals surface area contributed by atoms with Crippen LogP contribution in [-0.4, -0.2) is 22.6 Å². The molecule has 0 spiro atoms. The van der Waals surface area contributed by atoms with E-state index in [9.17, 15) is 4.79 Å². The van der Waals surface area contributed by atoms with Gasteiger partial charge in [-0.1, -0.05) is 25.5 Å². The molecule has 4 nitrogen and oxygen atoms in total. The van der Waals surface area contributed by atoms with Gasteiger partial charge in [0, 0.05) is 6.42 Å². The van der Waals surface area contributed by atoms with Crippen molar-refractivity contribution in [1.29, 1.82) is 0 Å². The monoisotopic (exact) mass is 246 g/mol. The first-order valence-corrected chi connectivity index (χ1v) is 6.27. The van der Waals surface area contributed by atoms with Gasteiger partial charge >= 0.3 is 5.97 Å². The van der Waals surface area contributed by atoms with Crippen molar-refractivity contribution in [1.82, 2.24) is 9.55 Å². The van der Waals surface area contributed by atoms with Gasteiger partial charge in [-0.15, -0.1) is 0 Å². The maximum Gasteiger partial charge on any atom is 0.325 e. The standard InChI is InChI=1S/C14H18N2O2/c1-3-4-9-13-15-11-7-5-6-8-12(11)16(13)10-14(17)18-2/h5-8H,3-4,9-10H2,1-2H3. The Hall–Kier alpha value is -1.84. The van der Waals surface area contributed by atoms with Crippen LogP contribution in [0.25, 0.3) is 11.0 Å². The fraction of sp³-hybridized carbons (Fsp3) is 0.429. The summed E-state index contributed by atoms with van der Waals surface area (Å²) in [7, 11) is 1.41. The van der Waals surface area contributed by atoms with E-state index in [2.05, 4.69) is 11.9 Å². The second kappa shape index (κ2) is 5.67. The molecule has 0 N–H and O–H groups in total. The molecule has 4 heteroatoms. The van der Waals surface area contributed by atoms with Crippen LogP contribution in [0.1, 0.15) is 25.6 Å². The Labute approximate surface area is 107 Å². The number of nitrogens with zero attached hydrogens (tertiary/aromatic N) is 2. The molecule has 1 aromatic heterocycles. The molecule has 96 valence electrons. The molecule has 0 bridgehead atoms. The maximum atomic E-state index is 11.5. The lowest BCUT2D eigenvalue weighted by atomic mass is 10.2. The van der Waals surface area contributed by atoms with Gasteiger partial charge in [0.25, 0.3) is 0 Å². The predicted octanol–water partition coefficient (Wildman–Crippen LogP) is 2.55. The molecule has 0 atom stereocenters. The zero-order valence-electron chi connectivity index (χ0n) is 10.8. The summed E-state index contributed by atoms with van der Waals surface area (Å²) in [6, 6.07) is 7.88. The Morgan fingerprint density at radius 2 is 2.17 bits per heavy atom. The highest BCUT2D eigenvalue weighted by atomic mass is 16.5. The summed E-state index contributed by atoms with van der Waals surface area (Å²) in [5, 5.41) is 0. The van der Waals surface area contributed by atoms with Crippen LogP contribution in [0, 0.1) is 0 Å². The van der Waals surface area contributed by atoms with Gasteiger partial charge in [0.1, 0.15) is 12.4 Å². The summed E-state index contributed by atoms with van der Waals surface area (Å²) in [5.74, 6) is 0.722. The van der Waals surface area contributed by atoms with Gasteiger partial charge in [-0.3, -0.25) is 4.79 Å². The third-order valence-corrected chi connectivity index (χ3v) is 3.00. The molecule has 0 unspecified atom stereocenters. The van der Waals surface area contributed by atoms with E-state index in [-0.39, 0.29) is 12.5 Å². The average molecular weight is 246 g/mol. The number of rotatable bonds is 5. The SMILES string of the molecule is CCCCc1nc2ccccc2n1CC(=O)OC. The number of aromatic nitrogens is 2. The number of hydrogen-bond acceptors (Lipinski definition) is 3. The number of aryl methyl sites for hydroxylation is 1. The lowest BCUT2D eigenvalue weighted by molar-refractivity contribution is -0.141. The van der Waals surface area contributed by atoms with Gasteiger partial charge in [-0.25, -0.2) is 4.98 Å². The third-order valence-electron chi connectivity index (χ3n) is 3.00. The van der Waals surface area contributed by atoms with Gasteiger partial charge in [-0.2, -0.15) is 0 Å². The Bertz CT molecular complexity index is 546. The van der Waals surface area contributed by atoms with Crippen LogP contribution in [0.3, 0.4) is 0 Å². The number of fused-ring (bicyclic) bond motifs is 1. The van der Waals surface area contributed by atoms with Crippen LogP contribution in [0.2, 0.25) is 0 Å². The summed E-state index contributed by atoms with van der Waals surface area (Å²) in [5.41, 5.74) is 1.93. The van der Waals surface area contributed by atoms with Crippen molar-refractivity contribution in [3.8, 4) is 0 Å². The molecule has 0 aliphatic heterocycles. The lowest BCUT2D eigenvalue weighted by Gasteiger charge is -2.07. The maximum absolute atomic E-state index is 11.5. The number of carbonyl (C=O) groups is 1. The van der Waals surface area contributed by atoms with Crippen molar-refractivity contribution < 1.29 is 9.53 Å². The molecule has 0 amide bonds. The smallest absolute Gasteiger partial charge is 0.325 e. The second-order valence-electron chi connectivity index (χ2n) is 4.28. The first kappa shape index (κ1) is 12.6. The summed E-state index contributed by atoms with van der Waals surface area (Å²) >= 11 is 0. The normalized spacial score (nSPS) is 10.8. The third kappa shape index (κ3) is 2.53. The minimum atomic E-state index is -0.240. The Morgan fingerprint density at radius 3 is 2.89 bits per heavy atom. The molecule has 0 radical (unpaired) electrons. The highest BCUT2D eigenvalue weighted by Crippen LogP contribution is 2.17. The molecular formula is C14H18N2O2. The quantitative estimate of drug-likeness (QED) is 0.761. The summed E-state index contributed by atoms with van der Waals surface area (Å²) in [6.07, 6.45) is 3.08. The van der Waals surface area contributed by atoms with E-state index >= 15 is 0 Å². The number of imidazole rings is 1. The van der Waals surface area contributed by atoms with E-state index in [1.807, 2.05) is 28.8 Å². The Morgan fingerprint density at radius 1 is 1.39 bits per heavy atom. The summed E-state index contributed by atoms with van der Waals surface area (Å²) in [6.45, 7) is 2.38. The zero-order chi connectivity index (χ0) is 13.0. The summed E-state index contributed by atoms with van der Waals surface area (Å²) < 4.78 is 6.70. The van der Waals surface area contributed by atoms with Crippen molar-refractivity contribution in [2.75, 3.05) is 7.11 Å². The number of hydrogen-bond donors (Lipinski definition) is 0. The van der Waals surface area contributed by atoms with E-state index in [1.54, 1.807) is 0 Å². The van der Waals surface area contributed by atoms with Crippen LogP contribution in [-0.2, 0) is 22.5 Å². The van der Waals surface area contributed by atoms with Crippen molar-refractivity contribution in [3.05, 3.63) is 30.1 Å². The number of benzene rings is 1. The molecule has 0 saturated heterocycles. The fourth-order valence-electron chi connectivity index (χ4n) is 2.02. The molecule has 1 heterocycles. The topological polar surface area (TPSA) is 44.1 Å². The molecule has 0 aliphatic rings. The number of ether oxygens (including phenoxy) is 1. The number of unbranched alkanes of at least 4 members (excludes halogenated alkanes) is 1. The molecule has 2 rings (SSSR count). The highest BCUT2D eigenvalue weighted by molar-refractivity contribution is 5.78. The van der Waals surface area contributed by atoms with Gasteiger partial charge in [0.2, 0.25) is 0 Å². The predicted molar refractivity (Wildman–Crippen MR) is 70.4 cm³/mol. The first-order valence-electron chi connectivity index (χ1n) is 6.27. The fourth-order valence-corrected chi connectivity index (χ4v) is 2.02. The van der Waals surface area contributed by atoms with Crippen LogP contribution in [0.15, 0.2) is 24.3 Å². The average Bonchev–Trinajstić information content (AvgIpc) is 2.74. The van der Waals surface area contributed by atoms with Crippen LogP contribution in [0.4, 0.5) is 0 Å². The van der Waals surface area contributed by atoms with Crippen molar-refractivity contribution in [2.45, 2.75) is 32.7 Å². The number of methoxy groups -OCH3 is 1. The van der Waals surface area contributed by atoms with Crippen molar-refractivity contribution in [2.24, 2.45) is 0 Å². The van der Waals surface area contributed by atoms with Crippen molar-refractivity contribution >= 4 is 17.0 Å². The van der Waals surface area contributed by atoms with Gasteiger partial charge in [0.05, 0.1) is 18.1 Å². The number of esters is 1. The van der Waals surface area contributed by atoms with E-state index in [1.165, 1.54) is 7.11 Å². The van der Waals surface area contributed by atoms with Crippen LogP contribution < -0.4 is 0 Å². The zero-order valence-corrected chi connectivity index (χ0v) is 10.8. The van der Waals surface area contributed by atoms with Crippen molar-refractivity contribution in [3.63, 3.8) is 0 Å². The number of para-hydroxylation sites is 2. The van der Waals surface area contributed by atoms with E-state index in [0.717, 1.165) is 36.1 Å². The first-order chi connectivity index (χ1) is 8.76. The Kier molecular flexibility index (Phi) is 3.97.